The zero-order chi connectivity index (χ0) is 13.4. The Labute approximate surface area is 104 Å². The molecule has 6 heteroatoms. The molecule has 0 aliphatic carbocycles. The molecule has 0 aliphatic heterocycles. The number of hydrazine groups is 2. The van der Waals surface area contributed by atoms with Gasteiger partial charge in [-0.05, 0) is 23.3 Å². The molecule has 0 spiro atoms. The number of nitrogens with two attached hydrogens (primary N) is 2. The lowest BCUT2D eigenvalue weighted by Crippen LogP contribution is -2.27. The summed E-state index contributed by atoms with van der Waals surface area (Å²) in [5, 5.41) is 0. The standard InChI is InChI=1S/C12H14N4O2/c13-15-11(17)7-5-9-1-2-10(4-3-9)6-8-12(18)16-14/h1-8H,13-14H2,(H,15,17)(H,16,18)/b7-5-,8-6+. The first-order chi connectivity index (χ1) is 8.65. The molecule has 1 aromatic rings. The molecule has 1 rings (SSSR count). The summed E-state index contributed by atoms with van der Waals surface area (Å²) in [6, 6.07) is 7.22. The van der Waals surface area contributed by atoms with Crippen molar-refractivity contribution >= 4 is 24.0 Å². The molecular weight excluding hydrogens is 232 g/mol. The average molecular weight is 246 g/mol. The highest BCUT2D eigenvalue weighted by Crippen LogP contribution is 2.07. The number of amides is 2. The minimum Gasteiger partial charge on any atom is -0.291 e. The van der Waals surface area contributed by atoms with Gasteiger partial charge in [0.2, 0.25) is 0 Å². The number of hydrogen-bond acceptors (Lipinski definition) is 4. The van der Waals surface area contributed by atoms with Crippen LogP contribution in [-0.4, -0.2) is 11.8 Å². The van der Waals surface area contributed by atoms with Gasteiger partial charge in [0.15, 0.2) is 0 Å². The summed E-state index contributed by atoms with van der Waals surface area (Å²) >= 11 is 0. The number of benzene rings is 1. The van der Waals surface area contributed by atoms with E-state index in [1.807, 2.05) is 10.9 Å². The molecule has 6 N–H and O–H groups in total. The summed E-state index contributed by atoms with van der Waals surface area (Å²) in [7, 11) is 0. The SMILES string of the molecule is NNC(=O)/C=C\c1ccc(/C=C/C(=O)NN)cc1. The lowest BCUT2D eigenvalue weighted by Gasteiger charge is -1.96. The van der Waals surface area contributed by atoms with Gasteiger partial charge in [-0.2, -0.15) is 0 Å². The quantitative estimate of drug-likeness (QED) is 0.253. The van der Waals surface area contributed by atoms with E-state index in [9.17, 15) is 9.59 Å². The van der Waals surface area contributed by atoms with Crippen LogP contribution in [0.1, 0.15) is 11.1 Å². The summed E-state index contributed by atoms with van der Waals surface area (Å²) in [6.07, 6.45) is 5.91. The van der Waals surface area contributed by atoms with E-state index in [0.29, 0.717) is 0 Å². The maximum Gasteiger partial charge on any atom is 0.257 e. The molecule has 1 aromatic carbocycles. The van der Waals surface area contributed by atoms with Crippen LogP contribution < -0.4 is 22.5 Å². The van der Waals surface area contributed by atoms with E-state index in [1.165, 1.54) is 12.2 Å². The third kappa shape index (κ3) is 4.60. The van der Waals surface area contributed by atoms with Crippen molar-refractivity contribution in [2.75, 3.05) is 0 Å². The van der Waals surface area contributed by atoms with Gasteiger partial charge in [-0.1, -0.05) is 24.3 Å². The molecule has 0 saturated carbocycles. The fraction of sp³-hybridized carbons (Fsp3) is 0. The fourth-order valence-electron chi connectivity index (χ4n) is 1.16. The van der Waals surface area contributed by atoms with Crippen molar-refractivity contribution in [3.8, 4) is 0 Å². The third-order valence-corrected chi connectivity index (χ3v) is 2.08. The van der Waals surface area contributed by atoms with Gasteiger partial charge in [0.05, 0.1) is 0 Å². The van der Waals surface area contributed by atoms with Crippen LogP contribution in [0.25, 0.3) is 12.2 Å². The van der Waals surface area contributed by atoms with Gasteiger partial charge in [0.25, 0.3) is 11.8 Å². The summed E-state index contributed by atoms with van der Waals surface area (Å²) in [5.74, 6) is 9.11. The summed E-state index contributed by atoms with van der Waals surface area (Å²) in [4.78, 5) is 21.7. The summed E-state index contributed by atoms with van der Waals surface area (Å²) in [6.45, 7) is 0. The normalized spacial score (nSPS) is 10.8. The highest BCUT2D eigenvalue weighted by Gasteiger charge is 1.93. The number of carbonyl (C=O) groups is 2. The van der Waals surface area contributed by atoms with Crippen molar-refractivity contribution in [2.24, 2.45) is 11.7 Å². The van der Waals surface area contributed by atoms with Gasteiger partial charge in [0, 0.05) is 12.2 Å². The molecule has 0 radical (unpaired) electrons. The van der Waals surface area contributed by atoms with Crippen LogP contribution in [0.15, 0.2) is 36.4 Å². The van der Waals surface area contributed by atoms with Gasteiger partial charge in [-0.3, -0.25) is 20.4 Å². The largest absolute Gasteiger partial charge is 0.291 e. The van der Waals surface area contributed by atoms with Gasteiger partial charge >= 0.3 is 0 Å². The zero-order valence-corrected chi connectivity index (χ0v) is 9.59. The van der Waals surface area contributed by atoms with Crippen molar-refractivity contribution < 1.29 is 9.59 Å². The smallest absolute Gasteiger partial charge is 0.257 e. The maximum atomic E-state index is 10.9. The Morgan fingerprint density at radius 1 is 0.833 bits per heavy atom. The Bertz CT molecular complexity index is 432. The molecule has 6 nitrogen and oxygen atoms in total. The van der Waals surface area contributed by atoms with Crippen molar-refractivity contribution in [3.05, 3.63) is 47.5 Å². The van der Waals surface area contributed by atoms with Crippen LogP contribution in [0, 0.1) is 0 Å². The topological polar surface area (TPSA) is 110 Å². The minimum absolute atomic E-state index is 0.376. The highest BCUT2D eigenvalue weighted by atomic mass is 16.2. The van der Waals surface area contributed by atoms with Gasteiger partial charge < -0.3 is 0 Å². The van der Waals surface area contributed by atoms with Crippen LogP contribution in [0.5, 0.6) is 0 Å². The Morgan fingerprint density at radius 2 is 1.17 bits per heavy atom. The Hall–Kier alpha value is -2.44. The molecule has 0 fully saturated rings. The van der Waals surface area contributed by atoms with E-state index >= 15 is 0 Å². The number of rotatable bonds is 4. The Kier molecular flexibility index (Phi) is 5.30. The van der Waals surface area contributed by atoms with Crippen LogP contribution in [-0.2, 0) is 9.59 Å². The molecule has 0 heterocycles. The van der Waals surface area contributed by atoms with Crippen LogP contribution in [0.3, 0.4) is 0 Å². The number of nitrogens with one attached hydrogen (secondary N) is 2. The van der Waals surface area contributed by atoms with E-state index < -0.39 is 0 Å². The number of hydrogen-bond donors (Lipinski definition) is 4. The first-order valence-electron chi connectivity index (χ1n) is 5.13. The second-order valence-corrected chi connectivity index (χ2v) is 3.35. The third-order valence-electron chi connectivity index (χ3n) is 2.08. The van der Waals surface area contributed by atoms with E-state index in [1.54, 1.807) is 36.4 Å². The van der Waals surface area contributed by atoms with E-state index in [2.05, 4.69) is 0 Å². The predicted octanol–water partition coefficient (Wildman–Crippen LogP) is -0.307. The van der Waals surface area contributed by atoms with Crippen LogP contribution in [0.2, 0.25) is 0 Å². The lowest BCUT2D eigenvalue weighted by atomic mass is 10.1. The monoisotopic (exact) mass is 246 g/mol. The Morgan fingerprint density at radius 3 is 1.44 bits per heavy atom. The minimum atomic E-state index is -0.376. The lowest BCUT2D eigenvalue weighted by molar-refractivity contribution is -0.117. The van der Waals surface area contributed by atoms with E-state index in [0.717, 1.165) is 11.1 Å². The second-order valence-electron chi connectivity index (χ2n) is 3.35. The fourth-order valence-corrected chi connectivity index (χ4v) is 1.16. The summed E-state index contributed by atoms with van der Waals surface area (Å²) < 4.78 is 0. The molecule has 0 saturated heterocycles. The molecule has 18 heavy (non-hydrogen) atoms. The maximum absolute atomic E-state index is 10.9. The van der Waals surface area contributed by atoms with Gasteiger partial charge in [-0.15, -0.1) is 0 Å². The molecule has 0 aliphatic rings. The molecule has 94 valence electrons. The summed E-state index contributed by atoms with van der Waals surface area (Å²) in [5.41, 5.74) is 5.68. The molecule has 0 aromatic heterocycles. The predicted molar refractivity (Wildman–Crippen MR) is 69.2 cm³/mol. The average Bonchev–Trinajstić information content (AvgIpc) is 2.43. The van der Waals surface area contributed by atoms with Crippen LogP contribution >= 0.6 is 0 Å². The molecule has 0 atom stereocenters. The van der Waals surface area contributed by atoms with Gasteiger partial charge in [0.1, 0.15) is 0 Å². The first kappa shape index (κ1) is 13.6. The van der Waals surface area contributed by atoms with Crippen molar-refractivity contribution in [1.29, 1.82) is 0 Å². The van der Waals surface area contributed by atoms with E-state index in [4.69, 9.17) is 11.7 Å². The van der Waals surface area contributed by atoms with Crippen molar-refractivity contribution in [3.63, 3.8) is 0 Å². The Balaban J connectivity index is 2.68. The number of carbonyl (C=O) groups excluding carboxylic acids is 2. The molecule has 0 bridgehead atoms. The van der Waals surface area contributed by atoms with Crippen molar-refractivity contribution in [2.45, 2.75) is 0 Å². The molecule has 0 unspecified atom stereocenters. The van der Waals surface area contributed by atoms with Crippen LogP contribution in [0.4, 0.5) is 0 Å². The second kappa shape index (κ2) is 7.00. The zero-order valence-electron chi connectivity index (χ0n) is 9.59. The highest BCUT2D eigenvalue weighted by molar-refractivity contribution is 5.92. The first-order valence-corrected chi connectivity index (χ1v) is 5.13. The van der Waals surface area contributed by atoms with Gasteiger partial charge in [-0.25, -0.2) is 11.7 Å². The van der Waals surface area contributed by atoms with E-state index in [-0.39, 0.29) is 11.8 Å². The van der Waals surface area contributed by atoms with Crippen molar-refractivity contribution in [1.82, 2.24) is 10.9 Å². The molecule has 2 amide bonds. The molecular formula is C12H14N4O2.